The third kappa shape index (κ3) is 1.38. The van der Waals surface area contributed by atoms with Crippen LogP contribution in [-0.4, -0.2) is 0 Å². The quantitative estimate of drug-likeness (QED) is 0.601. The Kier molecular flexibility index (Phi) is 2.36. The van der Waals surface area contributed by atoms with Crippen LogP contribution < -0.4 is 0 Å². The lowest BCUT2D eigenvalue weighted by Gasteiger charge is -2.34. The van der Waals surface area contributed by atoms with Crippen molar-refractivity contribution in [3.63, 3.8) is 0 Å². The van der Waals surface area contributed by atoms with Gasteiger partial charge >= 0.3 is 0 Å². The Morgan fingerprint density at radius 2 is 1.88 bits per heavy atom. The zero-order chi connectivity index (χ0) is 11.5. The topological polar surface area (TPSA) is 0 Å². The van der Waals surface area contributed by atoms with Crippen molar-refractivity contribution in [1.82, 2.24) is 0 Å². The van der Waals surface area contributed by atoms with Crippen molar-refractivity contribution >= 4 is 0 Å². The zero-order valence-corrected chi connectivity index (χ0v) is 11.4. The molecular formula is C16H27+. The highest BCUT2D eigenvalue weighted by Gasteiger charge is 2.78. The van der Waals surface area contributed by atoms with Gasteiger partial charge in [-0.05, 0) is 44.9 Å². The summed E-state index contributed by atoms with van der Waals surface area (Å²) in [5.74, 6) is 6.99. The van der Waals surface area contributed by atoms with Crippen LogP contribution in [0.15, 0.2) is 0 Å². The van der Waals surface area contributed by atoms with Crippen LogP contribution in [-0.2, 0) is 0 Å². The maximum atomic E-state index is 2.52. The first-order chi connectivity index (χ1) is 7.60. The van der Waals surface area contributed by atoms with Crippen LogP contribution in [0.1, 0.15) is 59.8 Å². The second-order valence-corrected chi connectivity index (χ2v) is 7.08. The van der Waals surface area contributed by atoms with E-state index in [0.29, 0.717) is 0 Å². The predicted octanol–water partition coefficient (Wildman–Crippen LogP) is 4.70. The number of hydrogen-bond acceptors (Lipinski definition) is 0. The summed E-state index contributed by atoms with van der Waals surface area (Å²) >= 11 is 0. The molecule has 3 aliphatic rings. The van der Waals surface area contributed by atoms with E-state index in [4.69, 9.17) is 0 Å². The fraction of sp³-hybridized carbons (Fsp3) is 0.938. The van der Waals surface area contributed by atoms with E-state index in [-0.39, 0.29) is 0 Å². The summed E-state index contributed by atoms with van der Waals surface area (Å²) in [6, 6.07) is 0. The van der Waals surface area contributed by atoms with Crippen molar-refractivity contribution in [3.8, 4) is 0 Å². The van der Waals surface area contributed by atoms with Gasteiger partial charge in [0.2, 0.25) is 0 Å². The lowest BCUT2D eigenvalue weighted by Crippen LogP contribution is -2.32. The van der Waals surface area contributed by atoms with Gasteiger partial charge in [-0.1, -0.05) is 20.8 Å². The van der Waals surface area contributed by atoms with E-state index in [9.17, 15) is 0 Å². The molecule has 3 fully saturated rings. The molecule has 0 radical (unpaired) electrons. The van der Waals surface area contributed by atoms with Crippen molar-refractivity contribution in [3.05, 3.63) is 5.92 Å². The number of hydrogen-bond donors (Lipinski definition) is 0. The van der Waals surface area contributed by atoms with Gasteiger partial charge in [0.25, 0.3) is 0 Å². The van der Waals surface area contributed by atoms with Gasteiger partial charge < -0.3 is 0 Å². The molecule has 3 aliphatic carbocycles. The molecule has 0 bridgehead atoms. The fourth-order valence-electron chi connectivity index (χ4n) is 4.60. The SMILES string of the molecule is CCC(C)[C+](C1CC(C)C1)C1C(C)C12CC2. The monoisotopic (exact) mass is 219 g/mol. The minimum absolute atomic E-state index is 0.845. The van der Waals surface area contributed by atoms with Gasteiger partial charge in [0.1, 0.15) is 17.8 Å². The van der Waals surface area contributed by atoms with Crippen LogP contribution in [0, 0.1) is 40.9 Å². The lowest BCUT2D eigenvalue weighted by molar-refractivity contribution is 0.183. The zero-order valence-electron chi connectivity index (χ0n) is 11.4. The van der Waals surface area contributed by atoms with Crippen LogP contribution in [0.4, 0.5) is 0 Å². The Bertz CT molecular complexity index is 270. The predicted molar refractivity (Wildman–Crippen MR) is 68.9 cm³/mol. The van der Waals surface area contributed by atoms with Gasteiger partial charge in [-0.25, -0.2) is 0 Å². The van der Waals surface area contributed by atoms with E-state index in [0.717, 1.165) is 35.0 Å². The van der Waals surface area contributed by atoms with Crippen LogP contribution in [0.5, 0.6) is 0 Å². The molecule has 1 spiro atoms. The van der Waals surface area contributed by atoms with E-state index in [1.54, 1.807) is 12.8 Å². The van der Waals surface area contributed by atoms with Gasteiger partial charge in [0.05, 0.1) is 5.92 Å². The molecule has 0 aliphatic heterocycles. The molecule has 3 atom stereocenters. The molecule has 0 heterocycles. The third-order valence-electron chi connectivity index (χ3n) is 6.13. The largest absolute Gasteiger partial charge is 0.110 e. The van der Waals surface area contributed by atoms with E-state index < -0.39 is 0 Å². The van der Waals surface area contributed by atoms with Crippen molar-refractivity contribution in [2.75, 3.05) is 0 Å². The van der Waals surface area contributed by atoms with Crippen LogP contribution in [0.3, 0.4) is 0 Å². The minimum Gasteiger partial charge on any atom is -0.0622 e. The molecule has 0 N–H and O–H groups in total. The average Bonchev–Trinajstić information content (AvgIpc) is 3.10. The Balaban J connectivity index is 1.70. The summed E-state index contributed by atoms with van der Waals surface area (Å²) in [5, 5.41) is 0. The molecule has 0 nitrogen and oxygen atoms in total. The van der Waals surface area contributed by atoms with Gasteiger partial charge in [-0.2, -0.15) is 0 Å². The Hall–Kier alpha value is -0.130. The second kappa shape index (κ2) is 3.43. The summed E-state index contributed by atoms with van der Waals surface area (Å²) in [5.41, 5.74) is 0.845. The van der Waals surface area contributed by atoms with E-state index in [2.05, 4.69) is 27.7 Å². The summed E-state index contributed by atoms with van der Waals surface area (Å²) in [4.78, 5) is 0. The highest BCUT2D eigenvalue weighted by atomic mass is 14.8. The Morgan fingerprint density at radius 3 is 2.25 bits per heavy atom. The van der Waals surface area contributed by atoms with Crippen LogP contribution in [0.25, 0.3) is 0 Å². The molecule has 90 valence electrons. The minimum atomic E-state index is 0.845. The summed E-state index contributed by atoms with van der Waals surface area (Å²) in [7, 11) is 0. The molecule has 0 aromatic carbocycles. The van der Waals surface area contributed by atoms with Gasteiger partial charge in [0.15, 0.2) is 0 Å². The smallest absolute Gasteiger partial charge is 0.0622 e. The van der Waals surface area contributed by atoms with Crippen LogP contribution >= 0.6 is 0 Å². The van der Waals surface area contributed by atoms with Gasteiger partial charge in [-0.15, -0.1) is 0 Å². The standard InChI is InChI=1S/C16H27/c1-5-11(3)14(13-8-10(2)9-13)15-12(4)16(15)6-7-16/h10-13,15H,5-9H2,1-4H3/q+1. The van der Waals surface area contributed by atoms with E-state index in [1.165, 1.54) is 19.3 Å². The van der Waals surface area contributed by atoms with Crippen molar-refractivity contribution in [1.29, 1.82) is 0 Å². The first-order valence-corrected chi connectivity index (χ1v) is 7.46. The fourth-order valence-corrected chi connectivity index (χ4v) is 4.60. The van der Waals surface area contributed by atoms with Gasteiger partial charge in [0, 0.05) is 11.3 Å². The van der Waals surface area contributed by atoms with Crippen LogP contribution in [0.2, 0.25) is 0 Å². The molecule has 0 saturated heterocycles. The first-order valence-electron chi connectivity index (χ1n) is 7.46. The lowest BCUT2D eigenvalue weighted by atomic mass is 9.63. The maximum Gasteiger partial charge on any atom is 0.110 e. The second-order valence-electron chi connectivity index (χ2n) is 7.08. The highest BCUT2D eigenvalue weighted by molar-refractivity contribution is 5.29. The van der Waals surface area contributed by atoms with E-state index in [1.807, 2.05) is 5.92 Å². The molecule has 3 saturated carbocycles. The summed E-state index contributed by atoms with van der Waals surface area (Å²) in [6.07, 6.45) is 7.44. The molecule has 0 amide bonds. The molecule has 16 heavy (non-hydrogen) atoms. The molecule has 0 aromatic heterocycles. The van der Waals surface area contributed by atoms with Gasteiger partial charge in [-0.3, -0.25) is 0 Å². The third-order valence-corrected chi connectivity index (χ3v) is 6.13. The van der Waals surface area contributed by atoms with Crippen molar-refractivity contribution in [2.45, 2.75) is 59.8 Å². The summed E-state index contributed by atoms with van der Waals surface area (Å²) in [6.45, 7) is 9.80. The van der Waals surface area contributed by atoms with E-state index >= 15 is 0 Å². The molecule has 3 rings (SSSR count). The Morgan fingerprint density at radius 1 is 1.25 bits per heavy atom. The Labute approximate surface area is 101 Å². The van der Waals surface area contributed by atoms with Crippen molar-refractivity contribution < 1.29 is 0 Å². The van der Waals surface area contributed by atoms with Crippen molar-refractivity contribution in [2.24, 2.45) is 35.0 Å². The normalized spacial score (nSPS) is 45.0. The average molecular weight is 219 g/mol. The first kappa shape index (κ1) is 11.0. The highest BCUT2D eigenvalue weighted by Crippen LogP contribution is 2.79. The molecular weight excluding hydrogens is 192 g/mol. The number of rotatable bonds is 4. The molecule has 3 unspecified atom stereocenters. The summed E-state index contributed by atoms with van der Waals surface area (Å²) < 4.78 is 0. The molecule has 0 heteroatoms. The molecule has 0 aromatic rings. The maximum absolute atomic E-state index is 2.52.